The van der Waals surface area contributed by atoms with Crippen LogP contribution < -0.4 is 4.74 Å². The van der Waals surface area contributed by atoms with Crippen molar-refractivity contribution in [2.75, 3.05) is 0 Å². The second kappa shape index (κ2) is 5.58. The normalized spacial score (nSPS) is 10.6. The molecule has 2 heteroatoms. The molecule has 18 heavy (non-hydrogen) atoms. The zero-order valence-electron chi connectivity index (χ0n) is 10.8. The number of rotatable bonds is 4. The number of ether oxygens (including phenoxy) is 1. The largest absolute Gasteiger partial charge is 0.504 e. The summed E-state index contributed by atoms with van der Waals surface area (Å²) in [4.78, 5) is 0. The Kier molecular flexibility index (Phi) is 3.88. The van der Waals surface area contributed by atoms with Gasteiger partial charge in [0.15, 0.2) is 11.5 Å². The Bertz CT molecular complexity index is 504. The minimum atomic E-state index is 0.206. The van der Waals surface area contributed by atoms with Crippen LogP contribution >= 0.6 is 0 Å². The first kappa shape index (κ1) is 12.5. The van der Waals surface area contributed by atoms with Crippen molar-refractivity contribution >= 4 is 0 Å². The molecule has 0 amide bonds. The van der Waals surface area contributed by atoms with Gasteiger partial charge in [0, 0.05) is 0 Å². The summed E-state index contributed by atoms with van der Waals surface area (Å²) < 4.78 is 5.61. The van der Waals surface area contributed by atoms with E-state index < -0.39 is 0 Å². The molecule has 0 fully saturated rings. The molecule has 94 valence electrons. The number of hydrogen-bond acceptors (Lipinski definition) is 2. The lowest BCUT2D eigenvalue weighted by Crippen LogP contribution is -1.96. The fourth-order valence-corrected chi connectivity index (χ4v) is 1.75. The summed E-state index contributed by atoms with van der Waals surface area (Å²) in [5.41, 5.74) is 2.20. The van der Waals surface area contributed by atoms with E-state index in [2.05, 4.69) is 13.8 Å². The Balaban J connectivity index is 2.06. The van der Waals surface area contributed by atoms with Crippen LogP contribution in [0.25, 0.3) is 0 Å². The smallest absolute Gasteiger partial charge is 0.161 e. The zero-order valence-corrected chi connectivity index (χ0v) is 10.8. The van der Waals surface area contributed by atoms with E-state index in [0.29, 0.717) is 18.3 Å². The average Bonchev–Trinajstić information content (AvgIpc) is 2.38. The molecule has 0 unspecified atom stereocenters. The van der Waals surface area contributed by atoms with E-state index in [0.717, 1.165) is 11.1 Å². The van der Waals surface area contributed by atoms with Crippen LogP contribution in [0.3, 0.4) is 0 Å². The maximum atomic E-state index is 9.89. The van der Waals surface area contributed by atoms with Gasteiger partial charge in [0.25, 0.3) is 0 Å². The van der Waals surface area contributed by atoms with E-state index in [1.165, 1.54) is 0 Å². The van der Waals surface area contributed by atoms with Crippen molar-refractivity contribution in [3.63, 3.8) is 0 Å². The van der Waals surface area contributed by atoms with Crippen LogP contribution in [0, 0.1) is 0 Å². The van der Waals surface area contributed by atoms with Crippen LogP contribution in [-0.4, -0.2) is 5.11 Å². The average molecular weight is 242 g/mol. The third-order valence-electron chi connectivity index (χ3n) is 2.89. The van der Waals surface area contributed by atoms with Crippen LogP contribution in [-0.2, 0) is 6.61 Å². The molecule has 0 bridgehead atoms. The van der Waals surface area contributed by atoms with Gasteiger partial charge in [-0.15, -0.1) is 0 Å². The minimum Gasteiger partial charge on any atom is -0.504 e. The van der Waals surface area contributed by atoms with Crippen molar-refractivity contribution in [2.45, 2.75) is 26.4 Å². The van der Waals surface area contributed by atoms with Gasteiger partial charge in [0.2, 0.25) is 0 Å². The first-order valence-corrected chi connectivity index (χ1v) is 6.16. The molecular weight excluding hydrogens is 224 g/mol. The van der Waals surface area contributed by atoms with E-state index in [1.54, 1.807) is 6.07 Å². The molecule has 2 rings (SSSR count). The Morgan fingerprint density at radius 2 is 1.78 bits per heavy atom. The van der Waals surface area contributed by atoms with Gasteiger partial charge in [0.1, 0.15) is 6.61 Å². The van der Waals surface area contributed by atoms with E-state index in [4.69, 9.17) is 4.74 Å². The van der Waals surface area contributed by atoms with Crippen molar-refractivity contribution in [1.82, 2.24) is 0 Å². The summed E-state index contributed by atoms with van der Waals surface area (Å²) in [6.45, 7) is 4.66. The zero-order chi connectivity index (χ0) is 13.0. The maximum Gasteiger partial charge on any atom is 0.161 e. The Morgan fingerprint density at radius 3 is 2.39 bits per heavy atom. The predicted octanol–water partition coefficient (Wildman–Crippen LogP) is 4.09. The highest BCUT2D eigenvalue weighted by Crippen LogP contribution is 2.30. The van der Waals surface area contributed by atoms with Gasteiger partial charge in [-0.2, -0.15) is 0 Å². The van der Waals surface area contributed by atoms with Crippen molar-refractivity contribution < 1.29 is 9.84 Å². The summed E-state index contributed by atoms with van der Waals surface area (Å²) in [7, 11) is 0. The standard InChI is InChI=1S/C16H18O2/c1-12(2)14-8-9-16(15(17)10-14)18-11-13-6-4-3-5-7-13/h3-10,12,17H,11H2,1-2H3. The number of phenolic OH excluding ortho intramolecular Hbond substituents is 1. The molecule has 2 aromatic carbocycles. The van der Waals surface area contributed by atoms with Crippen LogP contribution in [0.2, 0.25) is 0 Å². The molecule has 0 aliphatic rings. The van der Waals surface area contributed by atoms with Crippen LogP contribution in [0.15, 0.2) is 48.5 Å². The molecule has 0 atom stereocenters. The summed E-state index contributed by atoms with van der Waals surface area (Å²) in [5, 5.41) is 9.89. The maximum absolute atomic E-state index is 9.89. The van der Waals surface area contributed by atoms with Gasteiger partial charge in [-0.3, -0.25) is 0 Å². The van der Waals surface area contributed by atoms with Crippen molar-refractivity contribution in [2.24, 2.45) is 0 Å². The van der Waals surface area contributed by atoms with E-state index in [9.17, 15) is 5.11 Å². The third kappa shape index (κ3) is 3.04. The molecule has 0 radical (unpaired) electrons. The summed E-state index contributed by atoms with van der Waals surface area (Å²) >= 11 is 0. The predicted molar refractivity (Wildman–Crippen MR) is 73.0 cm³/mol. The van der Waals surface area contributed by atoms with Crippen LogP contribution in [0.5, 0.6) is 11.5 Å². The number of benzene rings is 2. The second-order valence-electron chi connectivity index (χ2n) is 4.66. The fourth-order valence-electron chi connectivity index (χ4n) is 1.75. The topological polar surface area (TPSA) is 29.5 Å². The first-order valence-electron chi connectivity index (χ1n) is 6.16. The lowest BCUT2D eigenvalue weighted by molar-refractivity contribution is 0.289. The molecule has 2 aromatic rings. The molecule has 0 aromatic heterocycles. The Labute approximate surface area is 108 Å². The number of aromatic hydroxyl groups is 1. The minimum absolute atomic E-state index is 0.206. The fraction of sp³-hybridized carbons (Fsp3) is 0.250. The molecular formula is C16H18O2. The molecule has 0 spiro atoms. The van der Waals surface area contributed by atoms with E-state index in [-0.39, 0.29) is 5.75 Å². The highest BCUT2D eigenvalue weighted by Gasteiger charge is 2.06. The van der Waals surface area contributed by atoms with E-state index >= 15 is 0 Å². The molecule has 0 aliphatic carbocycles. The Hall–Kier alpha value is -1.96. The lowest BCUT2D eigenvalue weighted by atomic mass is 10.0. The summed E-state index contributed by atoms with van der Waals surface area (Å²) in [6.07, 6.45) is 0. The molecule has 0 heterocycles. The highest BCUT2D eigenvalue weighted by atomic mass is 16.5. The van der Waals surface area contributed by atoms with Crippen molar-refractivity contribution in [3.8, 4) is 11.5 Å². The van der Waals surface area contributed by atoms with Gasteiger partial charge < -0.3 is 9.84 Å². The first-order chi connectivity index (χ1) is 8.66. The lowest BCUT2D eigenvalue weighted by Gasteiger charge is -2.11. The molecule has 0 saturated carbocycles. The number of hydrogen-bond donors (Lipinski definition) is 1. The van der Waals surface area contributed by atoms with E-state index in [1.807, 2.05) is 42.5 Å². The Morgan fingerprint density at radius 1 is 1.06 bits per heavy atom. The number of phenols is 1. The highest BCUT2D eigenvalue weighted by molar-refractivity contribution is 5.42. The SMILES string of the molecule is CC(C)c1ccc(OCc2ccccc2)c(O)c1. The van der Waals surface area contributed by atoms with Gasteiger partial charge >= 0.3 is 0 Å². The van der Waals surface area contributed by atoms with Gasteiger partial charge in [-0.25, -0.2) is 0 Å². The second-order valence-corrected chi connectivity index (χ2v) is 4.66. The van der Waals surface area contributed by atoms with Gasteiger partial charge in [-0.1, -0.05) is 50.2 Å². The van der Waals surface area contributed by atoms with Crippen molar-refractivity contribution in [3.05, 3.63) is 59.7 Å². The van der Waals surface area contributed by atoms with Crippen molar-refractivity contribution in [1.29, 1.82) is 0 Å². The van der Waals surface area contributed by atoms with Gasteiger partial charge in [-0.05, 0) is 29.2 Å². The third-order valence-corrected chi connectivity index (χ3v) is 2.89. The molecule has 0 saturated heterocycles. The quantitative estimate of drug-likeness (QED) is 0.874. The van der Waals surface area contributed by atoms with Crippen LogP contribution in [0.1, 0.15) is 30.9 Å². The van der Waals surface area contributed by atoms with Gasteiger partial charge in [0.05, 0.1) is 0 Å². The molecule has 0 aliphatic heterocycles. The summed E-state index contributed by atoms with van der Waals surface area (Å²) in [5.74, 6) is 1.14. The molecule has 2 nitrogen and oxygen atoms in total. The summed E-state index contributed by atoms with van der Waals surface area (Å²) in [6, 6.07) is 15.5. The molecule has 1 N–H and O–H groups in total. The monoisotopic (exact) mass is 242 g/mol. The van der Waals surface area contributed by atoms with Crippen LogP contribution in [0.4, 0.5) is 0 Å².